The van der Waals surface area contributed by atoms with E-state index in [1.807, 2.05) is 24.3 Å². The minimum absolute atomic E-state index is 0.00447. The molecular weight excluding hydrogens is 427 g/mol. The van der Waals surface area contributed by atoms with Crippen molar-refractivity contribution in [1.82, 2.24) is 9.80 Å². The summed E-state index contributed by atoms with van der Waals surface area (Å²) in [5.41, 5.74) is 1.92. The number of nitrogens with zero attached hydrogens (tertiary/aromatic N) is 2. The van der Waals surface area contributed by atoms with Crippen molar-refractivity contribution in [1.29, 1.82) is 0 Å². The molecule has 0 spiro atoms. The zero-order chi connectivity index (χ0) is 21.7. The van der Waals surface area contributed by atoms with Gasteiger partial charge < -0.3 is 19.5 Å². The molecule has 1 aliphatic rings. The van der Waals surface area contributed by atoms with Gasteiger partial charge in [-0.3, -0.25) is 9.69 Å². The summed E-state index contributed by atoms with van der Waals surface area (Å²) >= 11 is 12.1. The summed E-state index contributed by atoms with van der Waals surface area (Å²) in [5, 5.41) is 10.1. The molecule has 0 bridgehead atoms. The lowest BCUT2D eigenvalue weighted by molar-refractivity contribution is -0.140. The van der Waals surface area contributed by atoms with E-state index in [0.29, 0.717) is 47.8 Å². The van der Waals surface area contributed by atoms with Crippen molar-refractivity contribution in [3.8, 4) is 11.5 Å². The highest BCUT2D eigenvalue weighted by Crippen LogP contribution is 2.31. The van der Waals surface area contributed by atoms with E-state index < -0.39 is 0 Å². The van der Waals surface area contributed by atoms with Crippen LogP contribution >= 0.6 is 23.2 Å². The Morgan fingerprint density at radius 2 is 1.97 bits per heavy atom. The number of methoxy groups -OCH3 is 1. The summed E-state index contributed by atoms with van der Waals surface area (Å²) in [6, 6.07) is 11.1. The molecule has 1 N–H and O–H groups in total. The number of hydrogen-bond donors (Lipinski definition) is 1. The van der Waals surface area contributed by atoms with Gasteiger partial charge in [-0.25, -0.2) is 0 Å². The number of aliphatic hydroxyl groups excluding tert-OH is 1. The van der Waals surface area contributed by atoms with Gasteiger partial charge in [0.25, 0.3) is 0 Å². The van der Waals surface area contributed by atoms with E-state index in [2.05, 4.69) is 4.90 Å². The first-order valence-corrected chi connectivity index (χ1v) is 10.5. The maximum atomic E-state index is 12.2. The zero-order valence-corrected chi connectivity index (χ0v) is 18.6. The Morgan fingerprint density at radius 3 is 2.63 bits per heavy atom. The molecule has 1 aliphatic heterocycles. The largest absolute Gasteiger partial charge is 0.493 e. The first-order valence-electron chi connectivity index (χ1n) is 9.73. The number of likely N-dealkylation sites (N-methyl/N-ethyl adjacent to an activating group) is 1. The van der Waals surface area contributed by atoms with Gasteiger partial charge in [0.05, 0.1) is 19.6 Å². The summed E-state index contributed by atoms with van der Waals surface area (Å²) in [4.78, 5) is 16.0. The molecule has 8 heteroatoms. The van der Waals surface area contributed by atoms with Gasteiger partial charge in [0.15, 0.2) is 11.5 Å². The Balaban J connectivity index is 1.55. The maximum absolute atomic E-state index is 12.2. The minimum Gasteiger partial charge on any atom is -0.493 e. The molecule has 2 aromatic carbocycles. The molecule has 0 saturated carbocycles. The number of carbonyl (C=O) groups excluding carboxylic acids is 1. The lowest BCUT2D eigenvalue weighted by atomic mass is 9.97. The fraction of sp³-hybridized carbons (Fsp3) is 0.409. The van der Waals surface area contributed by atoms with E-state index in [1.54, 1.807) is 31.2 Å². The van der Waals surface area contributed by atoms with E-state index in [0.717, 1.165) is 17.7 Å². The van der Waals surface area contributed by atoms with Gasteiger partial charge in [0.2, 0.25) is 5.91 Å². The van der Waals surface area contributed by atoms with Crippen LogP contribution in [-0.2, 0) is 17.9 Å². The molecule has 1 heterocycles. The molecule has 1 amide bonds. The van der Waals surface area contributed by atoms with Crippen molar-refractivity contribution in [3.05, 3.63) is 57.6 Å². The molecule has 3 rings (SSSR count). The number of hydrogen-bond acceptors (Lipinski definition) is 5. The number of aliphatic hydroxyl groups is 1. The summed E-state index contributed by atoms with van der Waals surface area (Å²) in [7, 11) is 3.33. The fourth-order valence-electron chi connectivity index (χ4n) is 3.41. The zero-order valence-electron chi connectivity index (χ0n) is 17.1. The van der Waals surface area contributed by atoms with Crippen LogP contribution in [0, 0.1) is 5.92 Å². The van der Waals surface area contributed by atoms with Gasteiger partial charge in [-0.05, 0) is 29.8 Å². The lowest BCUT2D eigenvalue weighted by Gasteiger charge is -2.40. The topological polar surface area (TPSA) is 62.2 Å². The number of halogens is 2. The van der Waals surface area contributed by atoms with E-state index in [4.69, 9.17) is 37.8 Å². The Morgan fingerprint density at radius 1 is 1.20 bits per heavy atom. The van der Waals surface area contributed by atoms with Crippen molar-refractivity contribution in [2.24, 2.45) is 5.92 Å². The predicted molar refractivity (Wildman–Crippen MR) is 117 cm³/mol. The smallest absolute Gasteiger partial charge is 0.228 e. The third-order valence-corrected chi connectivity index (χ3v) is 5.74. The average Bonchev–Trinajstić information content (AvgIpc) is 2.69. The number of ether oxygens (including phenoxy) is 2. The molecule has 6 nitrogen and oxygen atoms in total. The summed E-state index contributed by atoms with van der Waals surface area (Å²) in [6.45, 7) is 2.82. The Hall–Kier alpha value is -1.99. The van der Waals surface area contributed by atoms with E-state index in [1.165, 1.54) is 0 Å². The normalized spacial score (nSPS) is 14.3. The highest BCUT2D eigenvalue weighted by molar-refractivity contribution is 6.35. The molecule has 1 saturated heterocycles. The molecule has 0 aliphatic carbocycles. The third kappa shape index (κ3) is 5.58. The van der Waals surface area contributed by atoms with Crippen LogP contribution in [-0.4, -0.2) is 61.2 Å². The lowest BCUT2D eigenvalue weighted by Crippen LogP contribution is -2.53. The van der Waals surface area contributed by atoms with E-state index in [-0.39, 0.29) is 18.4 Å². The van der Waals surface area contributed by atoms with Crippen LogP contribution in [0.4, 0.5) is 0 Å². The van der Waals surface area contributed by atoms with Crippen LogP contribution in [0.3, 0.4) is 0 Å². The van der Waals surface area contributed by atoms with Gasteiger partial charge in [0, 0.05) is 48.8 Å². The highest BCUT2D eigenvalue weighted by Gasteiger charge is 2.34. The second-order valence-corrected chi connectivity index (χ2v) is 8.23. The fourth-order valence-corrected chi connectivity index (χ4v) is 3.87. The molecular formula is C22H26Cl2N2O4. The SMILES string of the molecule is COc1cc(CN2CC(C(=O)N(C)CCO)C2)ccc1OCc1ccc(Cl)cc1Cl. The van der Waals surface area contributed by atoms with Crippen LogP contribution in [0.25, 0.3) is 0 Å². The van der Waals surface area contributed by atoms with Crippen molar-refractivity contribution in [2.75, 3.05) is 40.4 Å². The first kappa shape index (κ1) is 22.7. The quantitative estimate of drug-likeness (QED) is 0.630. The average molecular weight is 453 g/mol. The molecule has 2 aromatic rings. The molecule has 162 valence electrons. The minimum atomic E-state index is -0.0168. The first-order chi connectivity index (χ1) is 14.4. The third-order valence-electron chi connectivity index (χ3n) is 5.15. The van der Waals surface area contributed by atoms with Crippen LogP contribution in [0.1, 0.15) is 11.1 Å². The van der Waals surface area contributed by atoms with Crippen molar-refractivity contribution in [2.45, 2.75) is 13.2 Å². The van der Waals surface area contributed by atoms with Crippen molar-refractivity contribution < 1.29 is 19.4 Å². The molecule has 0 atom stereocenters. The summed E-state index contributed by atoms with van der Waals surface area (Å²) < 4.78 is 11.4. The maximum Gasteiger partial charge on any atom is 0.228 e. The van der Waals surface area contributed by atoms with Gasteiger partial charge in [-0.15, -0.1) is 0 Å². The van der Waals surface area contributed by atoms with Gasteiger partial charge in [-0.2, -0.15) is 0 Å². The van der Waals surface area contributed by atoms with Crippen LogP contribution in [0.15, 0.2) is 36.4 Å². The number of rotatable bonds is 9. The van der Waals surface area contributed by atoms with Gasteiger partial charge in [0.1, 0.15) is 6.61 Å². The number of carbonyl (C=O) groups is 1. The van der Waals surface area contributed by atoms with Gasteiger partial charge >= 0.3 is 0 Å². The second kappa shape index (κ2) is 10.4. The molecule has 0 aromatic heterocycles. The molecule has 0 radical (unpaired) electrons. The monoisotopic (exact) mass is 452 g/mol. The predicted octanol–water partition coefficient (Wildman–Crippen LogP) is 3.46. The summed E-state index contributed by atoms with van der Waals surface area (Å²) in [5.74, 6) is 1.36. The molecule has 1 fully saturated rings. The Labute approximate surface area is 186 Å². The molecule has 30 heavy (non-hydrogen) atoms. The van der Waals surface area contributed by atoms with Crippen LogP contribution < -0.4 is 9.47 Å². The molecule has 0 unspecified atom stereocenters. The number of amides is 1. The van der Waals surface area contributed by atoms with E-state index >= 15 is 0 Å². The number of likely N-dealkylation sites (tertiary alicyclic amines) is 1. The Bertz CT molecular complexity index is 887. The standard InChI is InChI=1S/C22H26Cl2N2O4/c1-25(7-8-27)22(28)17-12-26(13-17)11-15-3-6-20(21(9-15)29-2)30-14-16-4-5-18(23)10-19(16)24/h3-6,9-10,17,27H,7-8,11-14H2,1-2H3. The van der Waals surface area contributed by atoms with Crippen molar-refractivity contribution in [3.63, 3.8) is 0 Å². The van der Waals surface area contributed by atoms with Crippen LogP contribution in [0.5, 0.6) is 11.5 Å². The van der Waals surface area contributed by atoms with Crippen LogP contribution in [0.2, 0.25) is 10.0 Å². The van der Waals surface area contributed by atoms with E-state index in [9.17, 15) is 4.79 Å². The number of benzene rings is 2. The van der Waals surface area contributed by atoms with Gasteiger partial charge in [-0.1, -0.05) is 35.3 Å². The van der Waals surface area contributed by atoms with Crippen molar-refractivity contribution >= 4 is 29.1 Å². The highest BCUT2D eigenvalue weighted by atomic mass is 35.5. The second-order valence-electron chi connectivity index (χ2n) is 7.38. The Kier molecular flexibility index (Phi) is 7.83. The summed E-state index contributed by atoms with van der Waals surface area (Å²) in [6.07, 6.45) is 0.